The van der Waals surface area contributed by atoms with Crippen LogP contribution in [0.25, 0.3) is 21.9 Å². The summed E-state index contributed by atoms with van der Waals surface area (Å²) < 4.78 is 0. The standard InChI is InChI=1S/C21H17Cl2N5O2/c22-9-1-2-15-17(4-9)26-19(25-15)20(29)27-18-11-6-21(30,7-12(11)18)14-3-10(23)5-16-13(14)8-24-28-16/h1-5,8,11-12,18,30H,6-7H2,(H,24,28)(H,25,26)(H,27,29)/t11-,12+,18-,21+. The van der Waals surface area contributed by atoms with Gasteiger partial charge in [0.05, 0.1) is 28.3 Å². The van der Waals surface area contributed by atoms with Crippen LogP contribution in [0.15, 0.2) is 36.5 Å². The highest BCUT2D eigenvalue weighted by Gasteiger charge is 2.62. The second-order valence-electron chi connectivity index (χ2n) is 8.30. The largest absolute Gasteiger partial charge is 0.385 e. The van der Waals surface area contributed by atoms with Crippen molar-refractivity contribution in [1.82, 2.24) is 25.5 Å². The van der Waals surface area contributed by atoms with Crippen molar-refractivity contribution in [1.29, 1.82) is 0 Å². The van der Waals surface area contributed by atoms with Gasteiger partial charge in [0, 0.05) is 21.5 Å². The van der Waals surface area contributed by atoms with E-state index >= 15 is 0 Å². The number of aromatic amines is 2. The van der Waals surface area contributed by atoms with Gasteiger partial charge in [-0.15, -0.1) is 0 Å². The minimum absolute atomic E-state index is 0.0357. The third kappa shape index (κ3) is 2.73. The molecule has 0 bridgehead atoms. The molecule has 0 saturated heterocycles. The maximum Gasteiger partial charge on any atom is 0.287 e. The van der Waals surface area contributed by atoms with Crippen molar-refractivity contribution in [2.75, 3.05) is 0 Å². The molecule has 7 nitrogen and oxygen atoms in total. The molecule has 2 aliphatic carbocycles. The van der Waals surface area contributed by atoms with Crippen molar-refractivity contribution in [3.05, 3.63) is 58.0 Å². The minimum Gasteiger partial charge on any atom is -0.385 e. The summed E-state index contributed by atoms with van der Waals surface area (Å²) >= 11 is 12.2. The zero-order valence-electron chi connectivity index (χ0n) is 15.6. The van der Waals surface area contributed by atoms with Crippen LogP contribution in [0.3, 0.4) is 0 Å². The molecule has 2 heterocycles. The molecule has 4 aromatic rings. The summed E-state index contributed by atoms with van der Waals surface area (Å²) in [5, 5.41) is 23.4. The molecular weight excluding hydrogens is 425 g/mol. The van der Waals surface area contributed by atoms with Crippen molar-refractivity contribution in [2.45, 2.75) is 24.5 Å². The van der Waals surface area contributed by atoms with Crippen LogP contribution in [0, 0.1) is 11.8 Å². The van der Waals surface area contributed by atoms with E-state index < -0.39 is 5.60 Å². The van der Waals surface area contributed by atoms with Crippen LogP contribution in [0.5, 0.6) is 0 Å². The van der Waals surface area contributed by atoms with Gasteiger partial charge in [-0.25, -0.2) is 4.98 Å². The molecule has 4 atom stereocenters. The van der Waals surface area contributed by atoms with Crippen LogP contribution in [-0.2, 0) is 5.60 Å². The number of nitrogens with one attached hydrogen (secondary N) is 3. The Balaban J connectivity index is 1.19. The summed E-state index contributed by atoms with van der Waals surface area (Å²) in [6, 6.07) is 8.93. The van der Waals surface area contributed by atoms with Gasteiger partial charge in [-0.1, -0.05) is 23.2 Å². The van der Waals surface area contributed by atoms with E-state index in [2.05, 4.69) is 25.5 Å². The molecule has 2 fully saturated rings. The predicted molar refractivity (Wildman–Crippen MR) is 114 cm³/mol. The number of aliphatic hydroxyl groups is 1. The highest BCUT2D eigenvalue weighted by molar-refractivity contribution is 6.31. The lowest BCUT2D eigenvalue weighted by atomic mass is 9.86. The van der Waals surface area contributed by atoms with Crippen molar-refractivity contribution < 1.29 is 9.90 Å². The second kappa shape index (κ2) is 6.20. The van der Waals surface area contributed by atoms with E-state index in [1.807, 2.05) is 6.07 Å². The predicted octanol–water partition coefficient (Wildman–Crippen LogP) is 3.77. The molecule has 2 aliphatic rings. The number of carbonyl (C=O) groups excluding carboxylic acids is 1. The van der Waals surface area contributed by atoms with Gasteiger partial charge in [-0.05, 0) is 60.6 Å². The normalized spacial score (nSPS) is 27.5. The van der Waals surface area contributed by atoms with E-state index in [1.54, 1.807) is 30.5 Å². The first kappa shape index (κ1) is 18.2. The summed E-state index contributed by atoms with van der Waals surface area (Å²) in [6.45, 7) is 0. The lowest BCUT2D eigenvalue weighted by Gasteiger charge is -2.27. The van der Waals surface area contributed by atoms with Gasteiger partial charge >= 0.3 is 0 Å². The van der Waals surface area contributed by atoms with Crippen LogP contribution in [0.4, 0.5) is 0 Å². The summed E-state index contributed by atoms with van der Waals surface area (Å²) in [7, 11) is 0. The van der Waals surface area contributed by atoms with Crippen molar-refractivity contribution in [3.8, 4) is 0 Å². The molecule has 1 amide bonds. The zero-order chi connectivity index (χ0) is 20.6. The average molecular weight is 442 g/mol. The van der Waals surface area contributed by atoms with E-state index in [4.69, 9.17) is 23.2 Å². The van der Waals surface area contributed by atoms with E-state index in [1.165, 1.54) is 0 Å². The molecule has 152 valence electrons. The third-order valence-corrected chi connectivity index (χ3v) is 6.91. The molecule has 6 rings (SSSR count). The van der Waals surface area contributed by atoms with Crippen LogP contribution >= 0.6 is 23.2 Å². The smallest absolute Gasteiger partial charge is 0.287 e. The van der Waals surface area contributed by atoms with Gasteiger partial charge in [0.25, 0.3) is 5.91 Å². The average Bonchev–Trinajstić information content (AvgIpc) is 3.16. The minimum atomic E-state index is -0.973. The van der Waals surface area contributed by atoms with Gasteiger partial charge in [0.2, 0.25) is 0 Å². The molecule has 9 heteroatoms. The summed E-state index contributed by atoms with van der Waals surface area (Å²) in [5.41, 5.74) is 2.05. The summed E-state index contributed by atoms with van der Waals surface area (Å²) in [5.74, 6) is 0.463. The Labute approximate surface area is 180 Å². The number of hydrogen-bond acceptors (Lipinski definition) is 4. The van der Waals surface area contributed by atoms with Crippen molar-refractivity contribution in [2.24, 2.45) is 11.8 Å². The number of halogens is 2. The molecular formula is C21H17Cl2N5O2. The van der Waals surface area contributed by atoms with Gasteiger partial charge in [-0.3, -0.25) is 9.89 Å². The third-order valence-electron chi connectivity index (χ3n) is 6.46. The number of amides is 1. The second-order valence-corrected chi connectivity index (χ2v) is 9.17. The fraction of sp³-hybridized carbons (Fsp3) is 0.286. The molecule has 0 unspecified atom stereocenters. The molecule has 2 saturated carbocycles. The summed E-state index contributed by atoms with van der Waals surface area (Å²) in [4.78, 5) is 20.0. The monoisotopic (exact) mass is 441 g/mol. The molecule has 4 N–H and O–H groups in total. The molecule has 0 spiro atoms. The maximum atomic E-state index is 12.7. The van der Waals surface area contributed by atoms with Gasteiger partial charge < -0.3 is 15.4 Å². The number of carbonyl (C=O) groups is 1. The zero-order valence-corrected chi connectivity index (χ0v) is 17.1. The lowest BCUT2D eigenvalue weighted by Crippen LogP contribution is -2.34. The van der Waals surface area contributed by atoms with Crippen LogP contribution < -0.4 is 5.32 Å². The Morgan fingerprint density at radius 1 is 1.13 bits per heavy atom. The quantitative estimate of drug-likeness (QED) is 0.388. The van der Waals surface area contributed by atoms with Gasteiger partial charge in [0.1, 0.15) is 0 Å². The van der Waals surface area contributed by atoms with Crippen LogP contribution in [0.1, 0.15) is 29.0 Å². The highest BCUT2D eigenvalue weighted by atomic mass is 35.5. The van der Waals surface area contributed by atoms with Crippen LogP contribution in [0.2, 0.25) is 10.0 Å². The number of H-pyrrole nitrogens is 2. The Bertz CT molecular complexity index is 1320. The van der Waals surface area contributed by atoms with E-state index in [9.17, 15) is 9.90 Å². The Hall–Kier alpha value is -2.61. The maximum absolute atomic E-state index is 12.7. The first-order valence-corrected chi connectivity index (χ1v) is 10.5. The highest BCUT2D eigenvalue weighted by Crippen LogP contribution is 2.60. The molecule has 2 aromatic carbocycles. The van der Waals surface area contributed by atoms with Gasteiger partial charge in [-0.2, -0.15) is 5.10 Å². The molecule has 2 aromatic heterocycles. The number of benzene rings is 2. The lowest BCUT2D eigenvalue weighted by molar-refractivity contribution is 0.0293. The number of nitrogens with zero attached hydrogens (tertiary/aromatic N) is 2. The van der Waals surface area contributed by atoms with E-state index in [0.29, 0.717) is 28.4 Å². The van der Waals surface area contributed by atoms with E-state index in [-0.39, 0.29) is 29.6 Å². The number of aromatic nitrogens is 4. The Kier molecular flexibility index (Phi) is 3.76. The number of hydrogen-bond donors (Lipinski definition) is 4. The van der Waals surface area contributed by atoms with Crippen molar-refractivity contribution >= 4 is 51.0 Å². The number of rotatable bonds is 3. The summed E-state index contributed by atoms with van der Waals surface area (Å²) in [6.07, 6.45) is 2.86. The number of imidazole rings is 1. The Morgan fingerprint density at radius 2 is 1.93 bits per heavy atom. The van der Waals surface area contributed by atoms with Gasteiger partial charge in [0.15, 0.2) is 5.82 Å². The van der Waals surface area contributed by atoms with Crippen LogP contribution in [-0.4, -0.2) is 37.2 Å². The topological polar surface area (TPSA) is 107 Å². The fourth-order valence-corrected chi connectivity index (χ4v) is 5.39. The first-order chi connectivity index (χ1) is 14.4. The SMILES string of the molecule is O=C(N[C@@H]1[C@@H]2C[C@@](O)(c3cc(Cl)cc4[nH]ncc34)C[C@@H]21)c1nc2cc(Cl)ccc2[nH]1. The fourth-order valence-electron chi connectivity index (χ4n) is 5.01. The number of fused-ring (bicyclic) bond motifs is 3. The first-order valence-electron chi connectivity index (χ1n) is 9.73. The van der Waals surface area contributed by atoms with Crippen molar-refractivity contribution in [3.63, 3.8) is 0 Å². The molecule has 0 aliphatic heterocycles. The molecule has 30 heavy (non-hydrogen) atoms. The van der Waals surface area contributed by atoms with E-state index in [0.717, 1.165) is 22.0 Å². The molecule has 0 radical (unpaired) electrons. The Morgan fingerprint density at radius 3 is 2.73 bits per heavy atom.